The summed E-state index contributed by atoms with van der Waals surface area (Å²) in [7, 11) is 0. The van der Waals surface area contributed by atoms with Crippen molar-refractivity contribution in [2.75, 3.05) is 39.4 Å². The van der Waals surface area contributed by atoms with Crippen LogP contribution in [0, 0.1) is 23.4 Å². The highest BCUT2D eigenvalue weighted by Gasteiger charge is 2.31. The summed E-state index contributed by atoms with van der Waals surface area (Å²) < 4.78 is 46.3. The van der Waals surface area contributed by atoms with Gasteiger partial charge in [-0.25, -0.2) is 18.0 Å². The van der Waals surface area contributed by atoms with E-state index in [9.17, 15) is 22.8 Å². The number of urea groups is 1. The Labute approximate surface area is 174 Å². The molecule has 0 radical (unpaired) electrons. The van der Waals surface area contributed by atoms with Crippen molar-refractivity contribution < 1.29 is 27.5 Å². The number of piperidine rings is 1. The first-order chi connectivity index (χ1) is 14.3. The van der Waals surface area contributed by atoms with Crippen molar-refractivity contribution in [2.24, 2.45) is 5.92 Å². The number of ether oxygens (including phenoxy) is 1. The predicted octanol–water partition coefficient (Wildman–Crippen LogP) is 2.82. The van der Waals surface area contributed by atoms with Crippen LogP contribution in [0.4, 0.5) is 18.0 Å². The largest absolute Gasteiger partial charge is 0.379 e. The van der Waals surface area contributed by atoms with Crippen LogP contribution in [0.2, 0.25) is 0 Å². The third-order valence-electron chi connectivity index (χ3n) is 5.94. The molecule has 1 aromatic rings. The molecule has 0 bridgehead atoms. The highest BCUT2D eigenvalue weighted by molar-refractivity contribution is 5.98. The molecule has 2 saturated heterocycles. The van der Waals surface area contributed by atoms with Crippen molar-refractivity contribution in [3.05, 3.63) is 35.1 Å². The van der Waals surface area contributed by atoms with Gasteiger partial charge in [0, 0.05) is 56.3 Å². The standard InChI is InChI=1S/C21H28F3N3O3/c1-13(27-7-8-30-12-14(27)2)11-25-21(29)26-5-3-15(4-6-26)20(28)19-17(23)9-16(22)10-18(19)24/h9-10,13-15H,3-8,11-12H2,1-2H3,(H,25,29). The van der Waals surface area contributed by atoms with Gasteiger partial charge in [0.15, 0.2) is 5.78 Å². The lowest BCUT2D eigenvalue weighted by atomic mass is 9.88. The van der Waals surface area contributed by atoms with E-state index in [-0.39, 0.29) is 12.1 Å². The lowest BCUT2D eigenvalue weighted by Gasteiger charge is -2.38. The van der Waals surface area contributed by atoms with Crippen LogP contribution in [0.25, 0.3) is 0 Å². The highest BCUT2D eigenvalue weighted by atomic mass is 19.1. The van der Waals surface area contributed by atoms with Gasteiger partial charge < -0.3 is 15.0 Å². The Morgan fingerprint density at radius 2 is 1.80 bits per heavy atom. The first kappa shape index (κ1) is 22.6. The summed E-state index contributed by atoms with van der Waals surface area (Å²) in [5.41, 5.74) is -0.701. The monoisotopic (exact) mass is 427 g/mol. The van der Waals surface area contributed by atoms with E-state index in [1.165, 1.54) is 0 Å². The van der Waals surface area contributed by atoms with Gasteiger partial charge in [-0.2, -0.15) is 0 Å². The Morgan fingerprint density at radius 3 is 2.40 bits per heavy atom. The second-order valence-corrected chi connectivity index (χ2v) is 8.07. The van der Waals surface area contributed by atoms with Crippen molar-refractivity contribution in [1.29, 1.82) is 0 Å². The molecule has 2 amide bonds. The van der Waals surface area contributed by atoms with Crippen LogP contribution >= 0.6 is 0 Å². The number of likely N-dealkylation sites (tertiary alicyclic amines) is 1. The minimum Gasteiger partial charge on any atom is -0.379 e. The molecule has 166 valence electrons. The average molecular weight is 427 g/mol. The maximum Gasteiger partial charge on any atom is 0.317 e. The third-order valence-corrected chi connectivity index (χ3v) is 5.94. The first-order valence-electron chi connectivity index (χ1n) is 10.3. The number of nitrogens with one attached hydrogen (secondary N) is 1. The molecular weight excluding hydrogens is 399 g/mol. The molecule has 1 N–H and O–H groups in total. The number of benzene rings is 1. The van der Waals surface area contributed by atoms with Crippen LogP contribution in [0.15, 0.2) is 12.1 Å². The van der Waals surface area contributed by atoms with Gasteiger partial charge in [-0.1, -0.05) is 0 Å². The maximum atomic E-state index is 13.9. The molecule has 3 rings (SSSR count). The number of rotatable bonds is 5. The lowest BCUT2D eigenvalue weighted by Crippen LogP contribution is -2.53. The summed E-state index contributed by atoms with van der Waals surface area (Å²) in [4.78, 5) is 28.9. The smallest absolute Gasteiger partial charge is 0.317 e. The van der Waals surface area contributed by atoms with Crippen molar-refractivity contribution >= 4 is 11.8 Å². The highest BCUT2D eigenvalue weighted by Crippen LogP contribution is 2.25. The van der Waals surface area contributed by atoms with Gasteiger partial charge in [0.2, 0.25) is 0 Å². The number of Topliss-reactive ketones (excluding diaryl/α,β-unsaturated/α-hetero) is 1. The summed E-state index contributed by atoms with van der Waals surface area (Å²) in [5, 5.41) is 2.93. The number of nitrogens with zero attached hydrogens (tertiary/aromatic N) is 2. The fourth-order valence-electron chi connectivity index (χ4n) is 4.19. The van der Waals surface area contributed by atoms with Gasteiger partial charge in [-0.15, -0.1) is 0 Å². The zero-order chi connectivity index (χ0) is 21.8. The van der Waals surface area contributed by atoms with Crippen LogP contribution in [-0.4, -0.2) is 73.1 Å². The molecule has 0 saturated carbocycles. The molecule has 2 fully saturated rings. The Hall–Kier alpha value is -2.13. The minimum absolute atomic E-state index is 0.163. The number of hydrogen-bond acceptors (Lipinski definition) is 4. The number of hydrogen-bond donors (Lipinski definition) is 1. The molecule has 30 heavy (non-hydrogen) atoms. The summed E-state index contributed by atoms with van der Waals surface area (Å²) >= 11 is 0. The topological polar surface area (TPSA) is 61.9 Å². The zero-order valence-corrected chi connectivity index (χ0v) is 17.3. The summed E-state index contributed by atoms with van der Waals surface area (Å²) in [6, 6.07) is 1.26. The van der Waals surface area contributed by atoms with Gasteiger partial charge in [-0.3, -0.25) is 9.69 Å². The Kier molecular flexibility index (Phi) is 7.36. The number of ketones is 1. The van der Waals surface area contributed by atoms with Crippen molar-refractivity contribution in [1.82, 2.24) is 15.1 Å². The molecule has 2 heterocycles. The quantitative estimate of drug-likeness (QED) is 0.735. The number of halogens is 3. The SMILES string of the molecule is CC(CNC(=O)N1CCC(C(=O)c2c(F)cc(F)cc2F)CC1)N1CCOCC1C. The van der Waals surface area contributed by atoms with E-state index in [0.717, 1.165) is 6.54 Å². The molecule has 0 aromatic heterocycles. The molecule has 0 aliphatic carbocycles. The minimum atomic E-state index is -1.19. The predicted molar refractivity (Wildman–Crippen MR) is 105 cm³/mol. The Morgan fingerprint density at radius 1 is 1.17 bits per heavy atom. The molecule has 2 atom stereocenters. The van der Waals surface area contributed by atoms with E-state index in [1.54, 1.807) is 4.90 Å². The van der Waals surface area contributed by atoms with Gasteiger partial charge in [-0.05, 0) is 26.7 Å². The summed E-state index contributed by atoms with van der Waals surface area (Å²) in [6.07, 6.45) is 0.608. The third kappa shape index (κ3) is 5.13. The molecule has 6 nitrogen and oxygen atoms in total. The fourth-order valence-corrected chi connectivity index (χ4v) is 4.19. The molecule has 0 spiro atoms. The van der Waals surface area contributed by atoms with Crippen molar-refractivity contribution in [2.45, 2.75) is 38.8 Å². The van der Waals surface area contributed by atoms with E-state index < -0.39 is 34.7 Å². The van der Waals surface area contributed by atoms with Crippen LogP contribution in [-0.2, 0) is 4.74 Å². The van der Waals surface area contributed by atoms with Crippen LogP contribution in [0.3, 0.4) is 0 Å². The molecule has 2 unspecified atom stereocenters. The van der Waals surface area contributed by atoms with Crippen LogP contribution in [0.1, 0.15) is 37.0 Å². The van der Waals surface area contributed by atoms with Crippen LogP contribution in [0.5, 0.6) is 0 Å². The van der Waals surface area contributed by atoms with Gasteiger partial charge in [0.25, 0.3) is 0 Å². The van der Waals surface area contributed by atoms with E-state index in [1.807, 2.05) is 0 Å². The normalized spacial score (nSPS) is 22.0. The maximum absolute atomic E-state index is 13.9. The number of carbonyl (C=O) groups is 2. The molecule has 1 aromatic carbocycles. The number of carbonyl (C=O) groups excluding carboxylic acids is 2. The second kappa shape index (κ2) is 9.78. The molecule has 9 heteroatoms. The number of amides is 2. The van der Waals surface area contributed by atoms with E-state index in [0.29, 0.717) is 63.9 Å². The second-order valence-electron chi connectivity index (χ2n) is 8.07. The average Bonchev–Trinajstić information content (AvgIpc) is 2.71. The zero-order valence-electron chi connectivity index (χ0n) is 17.3. The summed E-state index contributed by atoms with van der Waals surface area (Å²) in [5.74, 6) is -4.72. The van der Waals surface area contributed by atoms with Gasteiger partial charge in [0.1, 0.15) is 17.5 Å². The van der Waals surface area contributed by atoms with Gasteiger partial charge in [0.05, 0.1) is 18.8 Å². The van der Waals surface area contributed by atoms with E-state index in [2.05, 4.69) is 24.1 Å². The van der Waals surface area contributed by atoms with E-state index in [4.69, 9.17) is 4.74 Å². The molecule has 2 aliphatic rings. The van der Waals surface area contributed by atoms with Gasteiger partial charge >= 0.3 is 6.03 Å². The van der Waals surface area contributed by atoms with Crippen LogP contribution < -0.4 is 5.32 Å². The van der Waals surface area contributed by atoms with Crippen molar-refractivity contribution in [3.63, 3.8) is 0 Å². The molecule has 2 aliphatic heterocycles. The first-order valence-corrected chi connectivity index (χ1v) is 10.3. The number of morpholine rings is 1. The lowest BCUT2D eigenvalue weighted by molar-refractivity contribution is -0.0178. The van der Waals surface area contributed by atoms with Crippen molar-refractivity contribution in [3.8, 4) is 0 Å². The Balaban J connectivity index is 1.49. The Bertz CT molecular complexity index is 761. The molecular formula is C21H28F3N3O3. The summed E-state index contributed by atoms with van der Waals surface area (Å²) in [6.45, 7) is 7.44. The van der Waals surface area contributed by atoms with E-state index >= 15 is 0 Å². The fraction of sp³-hybridized carbons (Fsp3) is 0.619.